The molecule has 1 fully saturated rings. The van der Waals surface area contributed by atoms with Crippen LogP contribution in [0.1, 0.15) is 37.5 Å². The van der Waals surface area contributed by atoms with Gasteiger partial charge < -0.3 is 9.73 Å². The molecule has 1 amide bonds. The minimum Gasteiger partial charge on any atom is -0.468 e. The van der Waals surface area contributed by atoms with Gasteiger partial charge in [0.05, 0.1) is 23.0 Å². The van der Waals surface area contributed by atoms with Crippen molar-refractivity contribution in [2.45, 2.75) is 36.6 Å². The van der Waals surface area contributed by atoms with Gasteiger partial charge in [0.25, 0.3) is 0 Å². The summed E-state index contributed by atoms with van der Waals surface area (Å²) in [5.74, 6) is 0.370. The molecule has 0 aliphatic carbocycles. The lowest BCUT2D eigenvalue weighted by Gasteiger charge is -2.33. The smallest absolute Gasteiger partial charge is 0.221 e. The first-order valence-corrected chi connectivity index (χ1v) is 11.0. The van der Waals surface area contributed by atoms with Gasteiger partial charge in [-0.15, -0.1) is 0 Å². The topological polar surface area (TPSA) is 79.6 Å². The van der Waals surface area contributed by atoms with E-state index in [-0.39, 0.29) is 29.0 Å². The third-order valence-electron chi connectivity index (χ3n) is 4.90. The van der Waals surface area contributed by atoms with Crippen molar-refractivity contribution in [1.29, 1.82) is 0 Å². The number of nitrogens with zero attached hydrogens (tertiary/aromatic N) is 1. The normalized spacial score (nSPS) is 16.7. The lowest BCUT2D eigenvalue weighted by Crippen LogP contribution is -2.40. The molecule has 2 aromatic rings. The van der Waals surface area contributed by atoms with Crippen molar-refractivity contribution in [3.63, 3.8) is 0 Å². The number of benzene rings is 1. The maximum atomic E-state index is 12.3. The van der Waals surface area contributed by atoms with Gasteiger partial charge in [-0.1, -0.05) is 24.6 Å². The number of hydrogen-bond acceptors (Lipinski definition) is 5. The molecule has 0 spiro atoms. The Bertz CT molecular complexity index is 813. The van der Waals surface area contributed by atoms with Gasteiger partial charge in [-0.25, -0.2) is 8.42 Å². The van der Waals surface area contributed by atoms with Crippen LogP contribution in [0.5, 0.6) is 0 Å². The zero-order chi connectivity index (χ0) is 19.1. The molecule has 0 unspecified atom stereocenters. The maximum absolute atomic E-state index is 12.3. The molecular weight excluding hydrogens is 364 g/mol. The molecule has 6 nitrogen and oxygen atoms in total. The summed E-state index contributed by atoms with van der Waals surface area (Å²) in [7, 11) is -3.45. The third-order valence-corrected chi connectivity index (χ3v) is 6.63. The highest BCUT2D eigenvalue weighted by Crippen LogP contribution is 2.24. The second-order valence-corrected chi connectivity index (χ2v) is 8.92. The highest BCUT2D eigenvalue weighted by Gasteiger charge is 2.25. The monoisotopic (exact) mass is 390 g/mol. The number of likely N-dealkylation sites (tertiary alicyclic amines) is 1. The van der Waals surface area contributed by atoms with Crippen LogP contribution in [0.15, 0.2) is 58.0 Å². The molecule has 146 valence electrons. The Morgan fingerprint density at radius 3 is 2.48 bits per heavy atom. The summed E-state index contributed by atoms with van der Waals surface area (Å²) in [5.41, 5.74) is 0. The van der Waals surface area contributed by atoms with Crippen molar-refractivity contribution in [2.75, 3.05) is 25.4 Å². The first-order valence-electron chi connectivity index (χ1n) is 9.38. The quantitative estimate of drug-likeness (QED) is 0.750. The van der Waals surface area contributed by atoms with Gasteiger partial charge in [0.2, 0.25) is 5.91 Å². The molecule has 3 rings (SSSR count). The van der Waals surface area contributed by atoms with E-state index >= 15 is 0 Å². The summed E-state index contributed by atoms with van der Waals surface area (Å²) < 4.78 is 30.2. The van der Waals surface area contributed by atoms with Gasteiger partial charge in [0.1, 0.15) is 5.76 Å². The number of nitrogens with one attached hydrogen (secondary N) is 1. The van der Waals surface area contributed by atoms with Crippen molar-refractivity contribution in [1.82, 2.24) is 10.2 Å². The molecule has 1 aliphatic heterocycles. The van der Waals surface area contributed by atoms with Crippen LogP contribution in [0.2, 0.25) is 0 Å². The number of furan rings is 1. The predicted molar refractivity (Wildman–Crippen MR) is 103 cm³/mol. The number of piperidine rings is 1. The summed E-state index contributed by atoms with van der Waals surface area (Å²) in [4.78, 5) is 14.8. The van der Waals surface area contributed by atoms with Gasteiger partial charge in [0.15, 0.2) is 9.84 Å². The zero-order valence-electron chi connectivity index (χ0n) is 15.3. The highest BCUT2D eigenvalue weighted by molar-refractivity contribution is 7.91. The highest BCUT2D eigenvalue weighted by atomic mass is 32.2. The van der Waals surface area contributed by atoms with E-state index in [1.54, 1.807) is 36.6 Å². The van der Waals surface area contributed by atoms with Crippen LogP contribution in [0.3, 0.4) is 0 Å². The molecule has 0 radical (unpaired) electrons. The summed E-state index contributed by atoms with van der Waals surface area (Å²) in [5, 5.41) is 2.89. The van der Waals surface area contributed by atoms with Crippen molar-refractivity contribution in [2.24, 2.45) is 0 Å². The lowest BCUT2D eigenvalue weighted by molar-refractivity contribution is -0.121. The number of rotatable bonds is 8. The molecular formula is C20H26N2O4S. The Hall–Kier alpha value is -2.12. The zero-order valence-corrected chi connectivity index (χ0v) is 16.2. The van der Waals surface area contributed by atoms with Gasteiger partial charge in [0, 0.05) is 13.0 Å². The molecule has 7 heteroatoms. The van der Waals surface area contributed by atoms with Crippen LogP contribution < -0.4 is 5.32 Å². The minimum atomic E-state index is -3.45. The molecule has 2 heterocycles. The van der Waals surface area contributed by atoms with Crippen molar-refractivity contribution in [3.05, 3.63) is 54.5 Å². The molecule has 1 aromatic carbocycles. The molecule has 1 N–H and O–H groups in total. The van der Waals surface area contributed by atoms with Gasteiger partial charge >= 0.3 is 0 Å². The molecule has 1 saturated heterocycles. The van der Waals surface area contributed by atoms with E-state index in [9.17, 15) is 13.2 Å². The average Bonchev–Trinajstić information content (AvgIpc) is 3.23. The van der Waals surface area contributed by atoms with Crippen LogP contribution in [0.4, 0.5) is 0 Å². The Morgan fingerprint density at radius 2 is 1.81 bits per heavy atom. The van der Waals surface area contributed by atoms with Crippen LogP contribution in [-0.2, 0) is 14.6 Å². The van der Waals surface area contributed by atoms with Crippen molar-refractivity contribution in [3.8, 4) is 0 Å². The minimum absolute atomic E-state index is 0.0185. The largest absolute Gasteiger partial charge is 0.468 e. The molecule has 1 aliphatic rings. The Labute approximate surface area is 160 Å². The SMILES string of the molecule is O=C(CCS(=O)(=O)c1ccccc1)NC[C@H](c1ccco1)N1CCCCC1. The average molecular weight is 391 g/mol. The van der Waals surface area contributed by atoms with E-state index in [4.69, 9.17) is 4.42 Å². The molecule has 0 saturated carbocycles. The van der Waals surface area contributed by atoms with E-state index in [1.807, 2.05) is 12.1 Å². The second kappa shape index (κ2) is 9.19. The number of carbonyl (C=O) groups excluding carboxylic acids is 1. The maximum Gasteiger partial charge on any atom is 0.221 e. The lowest BCUT2D eigenvalue weighted by atomic mass is 10.1. The van der Waals surface area contributed by atoms with E-state index in [0.29, 0.717) is 6.54 Å². The fourth-order valence-corrected chi connectivity index (χ4v) is 4.65. The van der Waals surface area contributed by atoms with Gasteiger partial charge in [-0.3, -0.25) is 9.69 Å². The fourth-order valence-electron chi connectivity index (χ4n) is 3.39. The van der Waals surface area contributed by atoms with E-state index < -0.39 is 9.84 Å². The summed E-state index contributed by atoms with van der Waals surface area (Å²) in [6.45, 7) is 2.37. The van der Waals surface area contributed by atoms with Crippen molar-refractivity contribution < 1.29 is 17.6 Å². The molecule has 1 aromatic heterocycles. The summed E-state index contributed by atoms with van der Waals surface area (Å²) in [6.07, 6.45) is 5.09. The van der Waals surface area contributed by atoms with Gasteiger partial charge in [-0.05, 0) is 50.2 Å². The summed E-state index contributed by atoms with van der Waals surface area (Å²) in [6, 6.07) is 12.0. The Kier molecular flexibility index (Phi) is 6.68. The third kappa shape index (κ3) is 5.43. The summed E-state index contributed by atoms with van der Waals surface area (Å²) >= 11 is 0. The van der Waals surface area contributed by atoms with Crippen molar-refractivity contribution >= 4 is 15.7 Å². The Balaban J connectivity index is 1.55. The number of carbonyl (C=O) groups is 1. The second-order valence-electron chi connectivity index (χ2n) is 6.81. The number of hydrogen-bond donors (Lipinski definition) is 1. The standard InChI is InChI=1S/C20H26N2O4S/c23-20(11-15-27(24,25)17-8-3-1-4-9-17)21-16-18(19-10-7-14-26-19)22-12-5-2-6-13-22/h1,3-4,7-10,14,18H,2,5-6,11-13,15-16H2,(H,21,23)/t18-/m1/s1. The van der Waals surface area contributed by atoms with E-state index in [2.05, 4.69) is 10.2 Å². The van der Waals surface area contributed by atoms with Crippen LogP contribution in [-0.4, -0.2) is 44.6 Å². The fraction of sp³-hybridized carbons (Fsp3) is 0.450. The molecule has 0 bridgehead atoms. The molecule has 1 atom stereocenters. The molecule has 27 heavy (non-hydrogen) atoms. The van der Waals surface area contributed by atoms with E-state index in [0.717, 1.165) is 31.7 Å². The first kappa shape index (κ1) is 19.6. The van der Waals surface area contributed by atoms with Gasteiger partial charge in [-0.2, -0.15) is 0 Å². The van der Waals surface area contributed by atoms with Crippen LogP contribution in [0.25, 0.3) is 0 Å². The van der Waals surface area contributed by atoms with Crippen LogP contribution in [0, 0.1) is 0 Å². The predicted octanol–water partition coefficient (Wildman–Crippen LogP) is 2.79. The van der Waals surface area contributed by atoms with Crippen LogP contribution >= 0.6 is 0 Å². The number of sulfone groups is 1. The number of amides is 1. The first-order chi connectivity index (χ1) is 13.1. The Morgan fingerprint density at radius 1 is 1.07 bits per heavy atom. The van der Waals surface area contributed by atoms with E-state index in [1.165, 1.54) is 6.42 Å².